The highest BCUT2D eigenvalue weighted by molar-refractivity contribution is 6.64. The van der Waals surface area contributed by atoms with Crippen molar-refractivity contribution in [2.24, 2.45) is 0 Å². The Bertz CT molecular complexity index is 373. The molecule has 5 heteroatoms. The number of hydrogen-bond acceptors (Lipinski definition) is 1. The summed E-state index contributed by atoms with van der Waals surface area (Å²) in [5, 5.41) is -1.41. The zero-order valence-electron chi connectivity index (χ0n) is 7.81. The Labute approximate surface area is 89.9 Å². The summed E-state index contributed by atoms with van der Waals surface area (Å²) in [6.45, 7) is 1.51. The molecule has 0 aromatic heterocycles. The van der Waals surface area contributed by atoms with Crippen LogP contribution in [0.25, 0.3) is 0 Å². The third kappa shape index (κ3) is 2.72. The average Bonchev–Trinajstić information content (AvgIpc) is 2.05. The molecule has 1 atom stereocenters. The minimum atomic E-state index is -4.65. The minimum Gasteiger partial charge on any atom is -0.280 e. The molecule has 0 aliphatic rings. The fourth-order valence-electron chi connectivity index (χ4n) is 1.34. The minimum absolute atomic E-state index is 0.0926. The van der Waals surface area contributed by atoms with Gasteiger partial charge in [0.25, 0.3) is 0 Å². The fraction of sp³-hybridized carbons (Fsp3) is 0.300. The molecule has 0 spiro atoms. The molecule has 0 heterocycles. The van der Waals surface area contributed by atoms with Gasteiger partial charge in [0, 0.05) is 0 Å². The summed E-state index contributed by atoms with van der Waals surface area (Å²) in [5.41, 5.74) is 0.304. The topological polar surface area (TPSA) is 17.1 Å². The van der Waals surface area contributed by atoms with Crippen LogP contribution < -0.4 is 0 Å². The molecule has 0 aliphatic carbocycles. The number of hydrogen-bond donors (Lipinski definition) is 0. The smallest absolute Gasteiger partial charge is 0.280 e. The second-order valence-electron chi connectivity index (χ2n) is 3.14. The first kappa shape index (κ1) is 12.0. The zero-order valence-corrected chi connectivity index (χ0v) is 8.56. The van der Waals surface area contributed by atoms with Crippen molar-refractivity contribution in [2.45, 2.75) is 19.0 Å². The fourth-order valence-corrected chi connectivity index (χ4v) is 1.58. The van der Waals surface area contributed by atoms with E-state index in [0.29, 0.717) is 5.56 Å². The van der Waals surface area contributed by atoms with Crippen molar-refractivity contribution in [3.05, 3.63) is 35.4 Å². The molecular formula is C10H8ClF3O. The maximum Gasteiger partial charge on any atom is 0.403 e. The molecule has 0 aliphatic heterocycles. The second-order valence-corrected chi connectivity index (χ2v) is 3.51. The Kier molecular flexibility index (Phi) is 3.39. The zero-order chi connectivity index (χ0) is 11.6. The third-order valence-corrected chi connectivity index (χ3v) is 2.27. The van der Waals surface area contributed by atoms with Gasteiger partial charge in [-0.25, -0.2) is 0 Å². The van der Waals surface area contributed by atoms with Crippen molar-refractivity contribution in [2.75, 3.05) is 0 Å². The average molecular weight is 237 g/mol. The summed E-state index contributed by atoms with van der Waals surface area (Å²) in [7, 11) is 0. The van der Waals surface area contributed by atoms with Crippen LogP contribution in [0.2, 0.25) is 0 Å². The summed E-state index contributed by atoms with van der Waals surface area (Å²) in [6.07, 6.45) is -4.65. The van der Waals surface area contributed by atoms with Crippen molar-refractivity contribution in [3.63, 3.8) is 0 Å². The van der Waals surface area contributed by atoms with Gasteiger partial charge < -0.3 is 0 Å². The molecule has 0 saturated heterocycles. The van der Waals surface area contributed by atoms with E-state index < -0.39 is 17.3 Å². The summed E-state index contributed by atoms with van der Waals surface area (Å²) in [6, 6.07) is 5.81. The molecule has 0 N–H and O–H groups in total. The standard InChI is InChI=1S/C10H8ClF3O/c1-6-4-2-3-5-7(6)8(9(11)15)10(12,13)14/h2-5,8H,1H3. The third-order valence-electron chi connectivity index (χ3n) is 2.05. The van der Waals surface area contributed by atoms with E-state index in [1.807, 2.05) is 0 Å². The molecule has 0 amide bonds. The molecule has 82 valence electrons. The van der Waals surface area contributed by atoms with E-state index in [2.05, 4.69) is 0 Å². The molecule has 1 nitrogen and oxygen atoms in total. The number of rotatable bonds is 2. The number of benzene rings is 1. The van der Waals surface area contributed by atoms with Crippen molar-refractivity contribution < 1.29 is 18.0 Å². The summed E-state index contributed by atoms with van der Waals surface area (Å²) in [5.74, 6) is -2.24. The van der Waals surface area contributed by atoms with E-state index in [9.17, 15) is 18.0 Å². The Balaban J connectivity index is 3.23. The van der Waals surface area contributed by atoms with E-state index in [4.69, 9.17) is 11.6 Å². The molecule has 1 aromatic rings. The molecule has 1 rings (SSSR count). The molecule has 0 fully saturated rings. The van der Waals surface area contributed by atoms with Crippen LogP contribution in [-0.2, 0) is 4.79 Å². The first-order valence-electron chi connectivity index (χ1n) is 4.15. The Hall–Kier alpha value is -1.03. The molecule has 0 bridgehead atoms. The first-order chi connectivity index (χ1) is 6.84. The lowest BCUT2D eigenvalue weighted by molar-refractivity contribution is -0.158. The largest absolute Gasteiger partial charge is 0.403 e. The summed E-state index contributed by atoms with van der Waals surface area (Å²) in [4.78, 5) is 10.8. The van der Waals surface area contributed by atoms with Crippen LogP contribution in [0.5, 0.6) is 0 Å². The van der Waals surface area contributed by atoms with Crippen LogP contribution >= 0.6 is 11.6 Å². The highest BCUT2D eigenvalue weighted by Crippen LogP contribution is 2.37. The van der Waals surface area contributed by atoms with E-state index in [0.717, 1.165) is 0 Å². The molecule has 0 saturated carbocycles. The predicted molar refractivity (Wildman–Crippen MR) is 50.8 cm³/mol. The van der Waals surface area contributed by atoms with Crippen molar-refractivity contribution in [1.82, 2.24) is 0 Å². The van der Waals surface area contributed by atoms with Gasteiger partial charge in [0.2, 0.25) is 5.24 Å². The number of carbonyl (C=O) groups is 1. The lowest BCUT2D eigenvalue weighted by Crippen LogP contribution is -2.26. The van der Waals surface area contributed by atoms with E-state index in [1.54, 1.807) is 6.07 Å². The number of alkyl halides is 3. The van der Waals surface area contributed by atoms with Crippen molar-refractivity contribution in [1.29, 1.82) is 0 Å². The van der Waals surface area contributed by atoms with Crippen LogP contribution in [-0.4, -0.2) is 11.4 Å². The second kappa shape index (κ2) is 4.23. The SMILES string of the molecule is Cc1ccccc1C(C(=O)Cl)C(F)(F)F. The number of halogens is 4. The Morgan fingerprint density at radius 1 is 1.33 bits per heavy atom. The van der Waals surface area contributed by atoms with Gasteiger partial charge in [0.05, 0.1) is 0 Å². The normalized spacial score (nSPS) is 13.7. The number of aryl methyl sites for hydroxylation is 1. The molecule has 0 radical (unpaired) electrons. The van der Waals surface area contributed by atoms with Crippen molar-refractivity contribution >= 4 is 16.8 Å². The van der Waals surface area contributed by atoms with E-state index >= 15 is 0 Å². The van der Waals surface area contributed by atoms with Crippen molar-refractivity contribution in [3.8, 4) is 0 Å². The van der Waals surface area contributed by atoms with Gasteiger partial charge in [0.15, 0.2) is 5.92 Å². The quantitative estimate of drug-likeness (QED) is 0.720. The molecule has 15 heavy (non-hydrogen) atoms. The monoisotopic (exact) mass is 236 g/mol. The lowest BCUT2D eigenvalue weighted by Gasteiger charge is -2.18. The summed E-state index contributed by atoms with van der Waals surface area (Å²) >= 11 is 4.98. The van der Waals surface area contributed by atoms with Gasteiger partial charge in [-0.15, -0.1) is 0 Å². The van der Waals surface area contributed by atoms with Crippen LogP contribution in [0.15, 0.2) is 24.3 Å². The highest BCUT2D eigenvalue weighted by Gasteiger charge is 2.45. The summed E-state index contributed by atoms with van der Waals surface area (Å²) < 4.78 is 37.6. The van der Waals surface area contributed by atoms with Crippen LogP contribution in [0.1, 0.15) is 17.0 Å². The van der Waals surface area contributed by atoms with Gasteiger partial charge >= 0.3 is 6.18 Å². The predicted octanol–water partition coefficient (Wildman–Crippen LogP) is 3.41. The molecule has 1 unspecified atom stereocenters. The van der Waals surface area contributed by atoms with Crippen LogP contribution in [0.4, 0.5) is 13.2 Å². The Morgan fingerprint density at radius 2 is 1.87 bits per heavy atom. The Morgan fingerprint density at radius 3 is 2.27 bits per heavy atom. The lowest BCUT2D eigenvalue weighted by atomic mass is 9.95. The molecular weight excluding hydrogens is 229 g/mol. The van der Waals surface area contributed by atoms with Gasteiger partial charge in [-0.1, -0.05) is 24.3 Å². The van der Waals surface area contributed by atoms with Gasteiger partial charge in [-0.3, -0.25) is 4.79 Å². The maximum atomic E-state index is 12.5. The molecule has 1 aromatic carbocycles. The van der Waals surface area contributed by atoms with E-state index in [-0.39, 0.29) is 5.56 Å². The van der Waals surface area contributed by atoms with Gasteiger partial charge in [-0.05, 0) is 29.7 Å². The number of carbonyl (C=O) groups excluding carboxylic acids is 1. The van der Waals surface area contributed by atoms with Crippen LogP contribution in [0.3, 0.4) is 0 Å². The highest BCUT2D eigenvalue weighted by atomic mass is 35.5. The van der Waals surface area contributed by atoms with Crippen LogP contribution in [0, 0.1) is 6.92 Å². The maximum absolute atomic E-state index is 12.5. The van der Waals surface area contributed by atoms with E-state index in [1.165, 1.54) is 25.1 Å². The first-order valence-corrected chi connectivity index (χ1v) is 4.53. The van der Waals surface area contributed by atoms with Gasteiger partial charge in [0.1, 0.15) is 0 Å². The van der Waals surface area contributed by atoms with Gasteiger partial charge in [-0.2, -0.15) is 13.2 Å².